The molecule has 0 N–H and O–H groups in total. The van der Waals surface area contributed by atoms with E-state index in [4.69, 9.17) is 16.0 Å². The Kier molecular flexibility index (Phi) is 2.37. The molecule has 1 aromatic carbocycles. The molecular formula is C11H7ClO2. The number of benzene rings is 1. The molecule has 0 aliphatic heterocycles. The fourth-order valence-electron chi connectivity index (χ4n) is 1.23. The van der Waals surface area contributed by atoms with Gasteiger partial charge in [-0.3, -0.25) is 4.79 Å². The van der Waals surface area contributed by atoms with Crippen LogP contribution in [-0.4, -0.2) is 6.29 Å². The van der Waals surface area contributed by atoms with Gasteiger partial charge in [0, 0.05) is 11.6 Å². The minimum absolute atomic E-state index is 0.244. The molecule has 0 aliphatic rings. The maximum Gasteiger partial charge on any atom is 0.185 e. The quantitative estimate of drug-likeness (QED) is 0.705. The van der Waals surface area contributed by atoms with Crippen molar-refractivity contribution >= 4 is 17.9 Å². The first kappa shape index (κ1) is 9.03. The molecule has 0 spiro atoms. The molecule has 0 bridgehead atoms. The summed E-state index contributed by atoms with van der Waals surface area (Å²) in [5.41, 5.74) is 0.866. The second kappa shape index (κ2) is 3.68. The molecule has 0 unspecified atom stereocenters. The Morgan fingerprint density at radius 2 is 1.93 bits per heavy atom. The first-order valence-corrected chi connectivity index (χ1v) is 4.49. The molecule has 2 aromatic rings. The van der Waals surface area contributed by atoms with E-state index in [1.54, 1.807) is 0 Å². The third-order valence-corrected chi connectivity index (χ3v) is 2.14. The van der Waals surface area contributed by atoms with Gasteiger partial charge >= 0.3 is 0 Å². The van der Waals surface area contributed by atoms with Crippen molar-refractivity contribution in [3.8, 4) is 11.3 Å². The Morgan fingerprint density at radius 1 is 1.21 bits per heavy atom. The van der Waals surface area contributed by atoms with E-state index in [9.17, 15) is 4.79 Å². The van der Waals surface area contributed by atoms with Gasteiger partial charge in [0.25, 0.3) is 0 Å². The standard InChI is InChI=1S/C11H7ClO2/c12-10-6-9(7-13)14-11(10)8-4-2-1-3-5-8/h1-7H. The van der Waals surface area contributed by atoms with Crippen molar-refractivity contribution in [2.45, 2.75) is 0 Å². The van der Waals surface area contributed by atoms with Crippen molar-refractivity contribution in [3.05, 3.63) is 47.2 Å². The summed E-state index contributed by atoms with van der Waals surface area (Å²) in [6, 6.07) is 10.9. The maximum atomic E-state index is 10.5. The van der Waals surface area contributed by atoms with Gasteiger partial charge in [0.05, 0.1) is 5.02 Å². The van der Waals surface area contributed by atoms with E-state index in [0.29, 0.717) is 17.1 Å². The highest BCUT2D eigenvalue weighted by Gasteiger charge is 2.09. The van der Waals surface area contributed by atoms with Gasteiger partial charge < -0.3 is 4.42 Å². The zero-order chi connectivity index (χ0) is 9.97. The van der Waals surface area contributed by atoms with E-state index < -0.39 is 0 Å². The molecule has 1 aromatic heterocycles. The fourth-order valence-corrected chi connectivity index (χ4v) is 1.49. The Bertz CT molecular complexity index is 446. The summed E-state index contributed by atoms with van der Waals surface area (Å²) < 4.78 is 5.25. The Hall–Kier alpha value is -1.54. The van der Waals surface area contributed by atoms with Gasteiger partial charge in [-0.1, -0.05) is 41.9 Å². The average Bonchev–Trinajstić information content (AvgIpc) is 2.61. The monoisotopic (exact) mass is 206 g/mol. The second-order valence-electron chi connectivity index (χ2n) is 2.81. The van der Waals surface area contributed by atoms with Gasteiger partial charge in [-0.2, -0.15) is 0 Å². The molecule has 0 saturated heterocycles. The molecule has 14 heavy (non-hydrogen) atoms. The number of carbonyl (C=O) groups excluding carboxylic acids is 1. The van der Waals surface area contributed by atoms with Crippen LogP contribution in [0.1, 0.15) is 10.6 Å². The molecule has 0 amide bonds. The lowest BCUT2D eigenvalue weighted by Crippen LogP contribution is -1.72. The van der Waals surface area contributed by atoms with Gasteiger partial charge in [0.15, 0.2) is 17.8 Å². The second-order valence-corrected chi connectivity index (χ2v) is 3.22. The molecule has 0 radical (unpaired) electrons. The molecule has 0 atom stereocenters. The highest BCUT2D eigenvalue weighted by atomic mass is 35.5. The zero-order valence-electron chi connectivity index (χ0n) is 7.24. The van der Waals surface area contributed by atoms with E-state index in [-0.39, 0.29) is 5.76 Å². The molecular weight excluding hydrogens is 200 g/mol. The summed E-state index contributed by atoms with van der Waals surface area (Å²) in [7, 11) is 0. The normalized spacial score (nSPS) is 10.1. The molecule has 0 fully saturated rings. The lowest BCUT2D eigenvalue weighted by atomic mass is 10.2. The molecule has 2 rings (SSSR count). The van der Waals surface area contributed by atoms with Crippen LogP contribution in [-0.2, 0) is 0 Å². The van der Waals surface area contributed by atoms with Crippen molar-refractivity contribution < 1.29 is 9.21 Å². The highest BCUT2D eigenvalue weighted by Crippen LogP contribution is 2.30. The summed E-state index contributed by atoms with van der Waals surface area (Å²) in [5.74, 6) is 0.781. The van der Waals surface area contributed by atoms with Gasteiger partial charge in [-0.05, 0) is 0 Å². The smallest absolute Gasteiger partial charge is 0.185 e. The highest BCUT2D eigenvalue weighted by molar-refractivity contribution is 6.33. The van der Waals surface area contributed by atoms with E-state index >= 15 is 0 Å². The molecule has 3 heteroatoms. The van der Waals surface area contributed by atoms with E-state index in [1.165, 1.54) is 6.07 Å². The predicted molar refractivity (Wildman–Crippen MR) is 54.5 cm³/mol. The van der Waals surface area contributed by atoms with Crippen LogP contribution in [0.5, 0.6) is 0 Å². The Morgan fingerprint density at radius 3 is 2.50 bits per heavy atom. The molecule has 1 heterocycles. The minimum Gasteiger partial charge on any atom is -0.452 e. The number of carbonyl (C=O) groups is 1. The maximum absolute atomic E-state index is 10.5. The Balaban J connectivity index is 2.51. The number of hydrogen-bond acceptors (Lipinski definition) is 2. The number of furan rings is 1. The third-order valence-electron chi connectivity index (χ3n) is 1.86. The van der Waals surface area contributed by atoms with Gasteiger partial charge in [-0.15, -0.1) is 0 Å². The van der Waals surface area contributed by atoms with Crippen molar-refractivity contribution in [2.75, 3.05) is 0 Å². The van der Waals surface area contributed by atoms with Crippen molar-refractivity contribution in [1.29, 1.82) is 0 Å². The van der Waals surface area contributed by atoms with Crippen molar-refractivity contribution in [1.82, 2.24) is 0 Å². The van der Waals surface area contributed by atoms with E-state index in [0.717, 1.165) is 5.56 Å². The average molecular weight is 207 g/mol. The first-order valence-electron chi connectivity index (χ1n) is 4.11. The van der Waals surface area contributed by atoms with Crippen LogP contribution in [0.4, 0.5) is 0 Å². The number of halogens is 1. The Labute approximate surface area is 86.1 Å². The minimum atomic E-state index is 0.244. The largest absolute Gasteiger partial charge is 0.452 e. The summed E-state index contributed by atoms with van der Waals surface area (Å²) in [4.78, 5) is 10.5. The number of rotatable bonds is 2. The first-order chi connectivity index (χ1) is 6.81. The van der Waals surface area contributed by atoms with Gasteiger partial charge in [-0.25, -0.2) is 0 Å². The topological polar surface area (TPSA) is 30.2 Å². The van der Waals surface area contributed by atoms with Gasteiger partial charge in [0.2, 0.25) is 0 Å². The van der Waals surface area contributed by atoms with Crippen LogP contribution in [0.2, 0.25) is 5.02 Å². The molecule has 0 saturated carbocycles. The van der Waals surface area contributed by atoms with Crippen LogP contribution in [0.3, 0.4) is 0 Å². The number of hydrogen-bond donors (Lipinski definition) is 0. The van der Waals surface area contributed by atoms with E-state index in [2.05, 4.69) is 0 Å². The van der Waals surface area contributed by atoms with Crippen molar-refractivity contribution in [2.24, 2.45) is 0 Å². The van der Waals surface area contributed by atoms with E-state index in [1.807, 2.05) is 30.3 Å². The SMILES string of the molecule is O=Cc1cc(Cl)c(-c2ccccc2)o1. The summed E-state index contributed by atoms with van der Waals surface area (Å²) in [5, 5.41) is 0.457. The van der Waals surface area contributed by atoms with Crippen LogP contribution in [0.15, 0.2) is 40.8 Å². The predicted octanol–water partition coefficient (Wildman–Crippen LogP) is 3.41. The van der Waals surface area contributed by atoms with Crippen molar-refractivity contribution in [3.63, 3.8) is 0 Å². The molecule has 70 valence electrons. The van der Waals surface area contributed by atoms with Crippen LogP contribution in [0.25, 0.3) is 11.3 Å². The van der Waals surface area contributed by atoms with Gasteiger partial charge in [0.1, 0.15) is 0 Å². The zero-order valence-corrected chi connectivity index (χ0v) is 7.99. The van der Waals surface area contributed by atoms with Crippen LogP contribution < -0.4 is 0 Å². The summed E-state index contributed by atoms with van der Waals surface area (Å²) >= 11 is 5.91. The van der Waals surface area contributed by atoms with Crippen LogP contribution in [0, 0.1) is 0 Å². The fraction of sp³-hybridized carbons (Fsp3) is 0. The number of aldehydes is 1. The third kappa shape index (κ3) is 1.56. The lowest BCUT2D eigenvalue weighted by Gasteiger charge is -1.95. The summed E-state index contributed by atoms with van der Waals surface area (Å²) in [6.07, 6.45) is 0.637. The summed E-state index contributed by atoms with van der Waals surface area (Å²) in [6.45, 7) is 0. The van der Waals surface area contributed by atoms with Crippen LogP contribution >= 0.6 is 11.6 Å². The molecule has 0 aliphatic carbocycles. The lowest BCUT2D eigenvalue weighted by molar-refractivity contribution is 0.110. The molecule has 2 nitrogen and oxygen atoms in total.